The first-order valence-electron chi connectivity index (χ1n) is 40.6. The van der Waals surface area contributed by atoms with Crippen LogP contribution < -0.4 is 0 Å². The molecule has 0 unspecified atom stereocenters. The minimum absolute atomic E-state index is 0. The van der Waals surface area contributed by atoms with Gasteiger partial charge in [-0.25, -0.2) is 8.78 Å². The molecule has 0 fully saturated rings. The number of hydrogen-bond donors (Lipinski definition) is 2. The van der Waals surface area contributed by atoms with E-state index in [-0.39, 0.29) is 107 Å². The van der Waals surface area contributed by atoms with Crippen molar-refractivity contribution in [2.75, 3.05) is 13.2 Å². The molecule has 0 saturated carbocycles. The number of hydrogen-bond acceptors (Lipinski definition) is 2. The minimum Gasteiger partial charge on any atom is -0.582 e. The molecule has 0 amide bonds. The van der Waals surface area contributed by atoms with Crippen LogP contribution in [-0.4, -0.2) is 42.0 Å². The molecule has 0 spiro atoms. The van der Waals surface area contributed by atoms with Crippen LogP contribution in [0.1, 0.15) is 297 Å². The summed E-state index contributed by atoms with van der Waals surface area (Å²) in [5, 5.41) is 31.6. The normalized spacial score (nSPS) is 13.4. The molecule has 0 bridgehead atoms. The Hall–Kier alpha value is -6.70. The van der Waals surface area contributed by atoms with Crippen molar-refractivity contribution in [1.82, 2.24) is 9.13 Å². The zero-order valence-corrected chi connectivity index (χ0v) is 78.3. The van der Waals surface area contributed by atoms with Crippen LogP contribution in [0.3, 0.4) is 0 Å². The number of aromatic hydroxyl groups is 4. The van der Waals surface area contributed by atoms with Crippen LogP contribution in [-0.2, 0) is 58.7 Å². The molecule has 0 radical (unpaired) electrons. The van der Waals surface area contributed by atoms with Crippen molar-refractivity contribution in [2.45, 2.75) is 299 Å². The van der Waals surface area contributed by atoms with Gasteiger partial charge in [0.2, 0.25) is 0 Å². The molecule has 2 aromatic heterocycles. The molecule has 0 aliphatic rings. The van der Waals surface area contributed by atoms with E-state index in [0.717, 1.165) is 93.3 Å². The first-order valence-corrected chi connectivity index (χ1v) is 40.6. The van der Waals surface area contributed by atoms with Crippen molar-refractivity contribution in [2.24, 2.45) is 32.5 Å². The van der Waals surface area contributed by atoms with E-state index in [0.29, 0.717) is 75.9 Å². The molecule has 0 saturated heterocycles. The quantitative estimate of drug-likeness (QED) is 0.0403. The average Bonchev–Trinajstić information content (AvgIpc) is 1.55. The van der Waals surface area contributed by atoms with E-state index in [1.807, 2.05) is 13.8 Å². The van der Waals surface area contributed by atoms with Gasteiger partial charge in [0.15, 0.2) is 13.2 Å². The average molecular weight is 1600 g/mol. The largest absolute Gasteiger partial charge is 0.582 e. The summed E-state index contributed by atoms with van der Waals surface area (Å²) in [6, 6.07) is 42.5. The van der Waals surface area contributed by atoms with Crippen LogP contribution in [0.5, 0.6) is 23.0 Å². The third-order valence-corrected chi connectivity index (χ3v) is 22.7. The molecule has 0 aliphatic heterocycles. The molecule has 10 rings (SSSR count). The summed E-state index contributed by atoms with van der Waals surface area (Å²) in [6.07, 6.45) is 6.02. The van der Waals surface area contributed by atoms with Crippen LogP contribution in [0, 0.1) is 72.8 Å². The van der Waals surface area contributed by atoms with E-state index in [1.54, 1.807) is 12.1 Å². The van der Waals surface area contributed by atoms with Gasteiger partial charge in [-0.1, -0.05) is 256 Å². The van der Waals surface area contributed by atoms with Gasteiger partial charge in [-0.05, 0) is 224 Å². The number of phenolic OH excluding ortho intramolecular Hbond substituents is 2. The van der Waals surface area contributed by atoms with Crippen molar-refractivity contribution < 1.29 is 54.7 Å². The molecule has 0 atom stereocenters. The molecule has 2 heterocycles. The van der Waals surface area contributed by atoms with Crippen LogP contribution in [0.2, 0.25) is 0 Å². The smallest absolute Gasteiger partial charge is 0.265 e. The molecule has 9 heteroatoms. The third kappa shape index (κ3) is 20.6. The van der Waals surface area contributed by atoms with Crippen LogP contribution >= 0.6 is 0 Å². The van der Waals surface area contributed by atoms with Crippen LogP contribution in [0.15, 0.2) is 121 Å². The zero-order chi connectivity index (χ0) is 81.2. The second-order valence-electron chi connectivity index (χ2n) is 44.5. The summed E-state index contributed by atoms with van der Waals surface area (Å²) >= 11 is 0. The summed E-state index contributed by atoms with van der Waals surface area (Å²) in [6.45, 7) is 73.7. The summed E-state index contributed by atoms with van der Waals surface area (Å²) in [5.74, 6) is 0.457. The minimum atomic E-state index is -0.417. The van der Waals surface area contributed by atoms with E-state index in [2.05, 4.69) is 314 Å². The summed E-state index contributed by atoms with van der Waals surface area (Å²) in [5.41, 5.74) is 14.2. The fourth-order valence-corrected chi connectivity index (χ4v) is 20.3. The molecular formula is C103H144F2N2O4Zr. The number of benzene rings is 8. The number of halogens is 2. The molecule has 4 N–H and O–H groups in total. The Balaban J connectivity index is 0.00000580. The number of rotatable bonds is 22. The SMILES string of the molecule is Cc1cc(F)cc(-c2cc(C(C)(C)CC(C)(C)C)cc(-n3c4cc(C(C)(C)CC(C)(C)C)ccc4c4ccc(C(C)(C)CC(C)(C)C)cc43)c2O)c1[OH+]CCC[OH+]c1c(C)cc(F)cc1-c1cc(C(C)(C)CC(C)(C)C)cc(-n2c3cc(C(C)(C)CC(C)(C)C)ccc3c3ccc(C(C)(C)CC(C)(C)C)cc32)c1O.[CH3-].[CH3-].[Zr]. The number of aromatic nitrogens is 2. The molecule has 0 aliphatic carbocycles. The van der Waals surface area contributed by atoms with Gasteiger partial charge in [-0.2, -0.15) is 0 Å². The third-order valence-electron chi connectivity index (χ3n) is 22.7. The Kier molecular flexibility index (Phi) is 26.5. The Bertz CT molecular complexity index is 4590. The number of aryl methyl sites for hydroxylation is 2. The molecule has 6 nitrogen and oxygen atoms in total. The van der Waals surface area contributed by atoms with Gasteiger partial charge in [0.25, 0.3) is 11.5 Å². The molecule has 608 valence electrons. The number of aliphatic hydroxyl groups is 2. The predicted molar refractivity (Wildman–Crippen MR) is 478 cm³/mol. The maximum atomic E-state index is 16.7. The Labute approximate surface area is 696 Å². The fraction of sp³-hybridized carbons (Fsp3) is 0.515. The van der Waals surface area contributed by atoms with Crippen LogP contribution in [0.4, 0.5) is 8.78 Å². The van der Waals surface area contributed by atoms with Gasteiger partial charge in [-0.15, -0.1) is 0 Å². The number of phenols is 2. The Morgan fingerprint density at radius 1 is 0.295 bits per heavy atom. The fourth-order valence-electron chi connectivity index (χ4n) is 20.3. The second kappa shape index (κ2) is 32.1. The topological polar surface area (TPSA) is 75.9 Å². The molecule has 8 aromatic carbocycles. The molecule has 112 heavy (non-hydrogen) atoms. The van der Waals surface area contributed by atoms with E-state index in [1.165, 1.54) is 34.4 Å². The maximum Gasteiger partial charge on any atom is 0.265 e. The first-order chi connectivity index (χ1) is 49.7. The van der Waals surface area contributed by atoms with Crippen LogP contribution in [0.25, 0.3) is 77.2 Å². The monoisotopic (exact) mass is 1600 g/mol. The number of ether oxygens (including phenoxy) is 2. The second-order valence-corrected chi connectivity index (χ2v) is 44.5. The summed E-state index contributed by atoms with van der Waals surface area (Å²) in [4.78, 5) is 0. The van der Waals surface area contributed by atoms with Gasteiger partial charge in [-0.3, -0.25) is 0 Å². The Morgan fingerprint density at radius 3 is 0.741 bits per heavy atom. The molecule has 10 aromatic rings. The van der Waals surface area contributed by atoms with Gasteiger partial charge in [0.05, 0.1) is 44.6 Å². The van der Waals surface area contributed by atoms with Crippen molar-refractivity contribution in [1.29, 1.82) is 0 Å². The van der Waals surface area contributed by atoms with Crippen molar-refractivity contribution >= 4 is 43.6 Å². The van der Waals surface area contributed by atoms with Gasteiger partial charge < -0.3 is 43.7 Å². The Morgan fingerprint density at radius 2 is 0.518 bits per heavy atom. The number of nitrogens with zero attached hydrogens (tertiary/aromatic N) is 2. The van der Waals surface area contributed by atoms with Crippen molar-refractivity contribution in [3.63, 3.8) is 0 Å². The predicted octanol–water partition coefficient (Wildman–Crippen LogP) is 30.3. The van der Waals surface area contributed by atoms with E-state index < -0.39 is 22.5 Å². The summed E-state index contributed by atoms with van der Waals surface area (Å²) in [7, 11) is 0. The van der Waals surface area contributed by atoms with Gasteiger partial charge >= 0.3 is 0 Å². The van der Waals surface area contributed by atoms with E-state index in [9.17, 15) is 10.2 Å². The van der Waals surface area contributed by atoms with Gasteiger partial charge in [0, 0.05) is 70.0 Å². The zero-order valence-electron chi connectivity index (χ0n) is 75.9. The maximum absolute atomic E-state index is 16.7. The van der Waals surface area contributed by atoms with E-state index >= 15 is 8.78 Å². The van der Waals surface area contributed by atoms with Crippen molar-refractivity contribution in [3.05, 3.63) is 192 Å². The van der Waals surface area contributed by atoms with Gasteiger partial charge in [0.1, 0.15) is 29.6 Å². The van der Waals surface area contributed by atoms with Crippen molar-refractivity contribution in [3.8, 4) is 56.6 Å². The molecular weight excluding hydrogens is 1460 g/mol. The first kappa shape index (κ1) is 92.5. The summed E-state index contributed by atoms with van der Waals surface area (Å²) < 4.78 is 48.7. The standard InChI is InChI=1S/C101H136F2N2O4.2CH3.Zr/c1-62-44-70(102)54-78(76-46-68(100(29,30)60-94(15,16)17)52-84(86(76)106)104-80-48-64(96(21,22)56-90(3,4)5)34-38-72(80)73-39-35-65(49-81(73)104)97(23,24)57-91(6,7)8)88(62)108-42-33-43-109-89-63(2)45-71(103)55-79(89)77-47-69(101(31,32)61-95(18,19)20)53-85(87(77)107)105-82-50-66(98(25,26)58-92(9,10)11)36-40-74(82)75-41-37-67(51-83(75)105)99(27,28)59-93(12,13)14;;;/h34-41,44-55,106-107H,33,42-43,56-61H2,1-32H3;2*1H3;/q;2*-1;/p+2. The number of fused-ring (bicyclic) bond motifs is 6. The van der Waals surface area contributed by atoms with E-state index in [4.69, 9.17) is 9.47 Å².